The fraction of sp³-hybridized carbons (Fsp3) is 0.932. The molecule has 4 N–H and O–H groups in total. The lowest BCUT2D eigenvalue weighted by Crippen LogP contribution is -2.46. The van der Waals surface area contributed by atoms with E-state index in [1.165, 1.54) is 173 Å². The fourth-order valence-corrected chi connectivity index (χ4v) is 6.93. The zero-order valence-electron chi connectivity index (χ0n) is 33.1. The monoisotopic (exact) mass is 694 g/mol. The summed E-state index contributed by atoms with van der Waals surface area (Å²) >= 11 is 0. The predicted octanol–water partition coefficient (Wildman–Crippen LogP) is 12.4. The normalized spacial score (nSPS) is 13.7. The van der Waals surface area contributed by atoms with Crippen molar-refractivity contribution < 1.29 is 20.1 Å². The second-order valence-electron chi connectivity index (χ2n) is 15.3. The van der Waals surface area contributed by atoms with Crippen LogP contribution in [0.4, 0.5) is 0 Å². The van der Waals surface area contributed by atoms with Gasteiger partial charge < -0.3 is 20.6 Å². The number of aliphatic hydroxyl groups is 3. The highest BCUT2D eigenvalue weighted by Crippen LogP contribution is 2.16. The summed E-state index contributed by atoms with van der Waals surface area (Å²) in [4.78, 5) is 12.4. The number of unbranched alkanes of at least 4 members (excludes halogenated alkanes) is 29. The second-order valence-corrected chi connectivity index (χ2v) is 15.3. The van der Waals surface area contributed by atoms with Crippen molar-refractivity contribution in [2.45, 2.75) is 257 Å². The van der Waals surface area contributed by atoms with Gasteiger partial charge in [0.2, 0.25) is 5.91 Å². The number of amides is 1. The van der Waals surface area contributed by atoms with Gasteiger partial charge in [0.1, 0.15) is 0 Å². The van der Waals surface area contributed by atoms with Crippen LogP contribution in [0.15, 0.2) is 12.2 Å². The lowest BCUT2D eigenvalue weighted by atomic mass is 10.0. The molecule has 0 saturated carbocycles. The van der Waals surface area contributed by atoms with Crippen molar-refractivity contribution in [1.29, 1.82) is 0 Å². The minimum absolute atomic E-state index is 0.0336. The quantitative estimate of drug-likeness (QED) is 0.0380. The molecular formula is C44H87NO4. The molecule has 0 aromatic rings. The summed E-state index contributed by atoms with van der Waals surface area (Å²) < 4.78 is 0. The summed E-state index contributed by atoms with van der Waals surface area (Å²) in [6.45, 7) is 4.27. The lowest BCUT2D eigenvalue weighted by molar-refractivity contribution is -0.125. The first-order valence-electron chi connectivity index (χ1n) is 22.0. The summed E-state index contributed by atoms with van der Waals surface area (Å²) in [5, 5.41) is 33.4. The Bertz CT molecular complexity index is 684. The van der Waals surface area contributed by atoms with Gasteiger partial charge in [-0.1, -0.05) is 206 Å². The molecule has 292 valence electrons. The van der Waals surface area contributed by atoms with E-state index in [-0.39, 0.29) is 18.9 Å². The largest absolute Gasteiger partial charge is 0.394 e. The maximum atomic E-state index is 12.4. The first kappa shape index (κ1) is 48.1. The van der Waals surface area contributed by atoms with Gasteiger partial charge in [-0.05, 0) is 38.5 Å². The Kier molecular flexibility index (Phi) is 39.1. The predicted molar refractivity (Wildman–Crippen MR) is 213 cm³/mol. The van der Waals surface area contributed by atoms with E-state index >= 15 is 0 Å². The molecule has 0 spiro atoms. The third kappa shape index (κ3) is 36.7. The van der Waals surface area contributed by atoms with E-state index in [9.17, 15) is 20.1 Å². The highest BCUT2D eigenvalue weighted by atomic mass is 16.3. The van der Waals surface area contributed by atoms with Gasteiger partial charge in [-0.3, -0.25) is 4.79 Å². The van der Waals surface area contributed by atoms with E-state index in [1.54, 1.807) is 0 Å². The molecule has 0 fully saturated rings. The van der Waals surface area contributed by atoms with Crippen molar-refractivity contribution in [2.24, 2.45) is 0 Å². The topological polar surface area (TPSA) is 89.8 Å². The van der Waals surface area contributed by atoms with Gasteiger partial charge in [-0.15, -0.1) is 0 Å². The molecule has 3 atom stereocenters. The highest BCUT2D eigenvalue weighted by molar-refractivity contribution is 5.76. The number of hydrogen-bond donors (Lipinski definition) is 4. The Morgan fingerprint density at radius 3 is 1.18 bits per heavy atom. The molecule has 1 amide bonds. The number of nitrogens with one attached hydrogen (secondary N) is 1. The van der Waals surface area contributed by atoms with E-state index < -0.39 is 18.2 Å². The molecule has 0 rings (SSSR count). The standard InChI is InChI=1S/C44H87NO4/c1-3-5-7-9-11-13-15-17-19-20-21-22-24-26-28-30-32-34-36-38-43(48)42(40-46)45-44(49)39-41(47)37-35-33-31-29-27-25-23-18-16-14-12-10-8-6-4-2/h18,23,41-43,46-48H,3-17,19-22,24-40H2,1-2H3,(H,45,49)/b23-18-. The molecule has 0 aliphatic heterocycles. The fourth-order valence-electron chi connectivity index (χ4n) is 6.93. The average Bonchev–Trinajstić information content (AvgIpc) is 3.09. The van der Waals surface area contributed by atoms with Crippen LogP contribution in [-0.2, 0) is 4.79 Å². The van der Waals surface area contributed by atoms with Crippen molar-refractivity contribution in [2.75, 3.05) is 6.61 Å². The van der Waals surface area contributed by atoms with Crippen molar-refractivity contribution in [3.8, 4) is 0 Å². The zero-order valence-corrected chi connectivity index (χ0v) is 33.1. The van der Waals surface area contributed by atoms with Gasteiger partial charge in [0.25, 0.3) is 0 Å². The van der Waals surface area contributed by atoms with E-state index in [0.717, 1.165) is 32.1 Å². The number of hydrogen-bond acceptors (Lipinski definition) is 4. The number of carbonyl (C=O) groups excluding carboxylic acids is 1. The lowest BCUT2D eigenvalue weighted by Gasteiger charge is -2.23. The van der Waals surface area contributed by atoms with Crippen LogP contribution >= 0.6 is 0 Å². The summed E-state index contributed by atoms with van der Waals surface area (Å²) in [7, 11) is 0. The minimum Gasteiger partial charge on any atom is -0.394 e. The first-order chi connectivity index (χ1) is 24.0. The number of aliphatic hydroxyl groups excluding tert-OH is 3. The van der Waals surface area contributed by atoms with Crippen LogP contribution in [0.3, 0.4) is 0 Å². The SMILES string of the molecule is CCCCCCCC/C=C\CCCCCCCC(O)CC(=O)NC(CO)C(O)CCCCCCCCCCCCCCCCCCCCC. The molecular weight excluding hydrogens is 606 g/mol. The average molecular weight is 694 g/mol. The number of rotatable bonds is 40. The van der Waals surface area contributed by atoms with Crippen molar-refractivity contribution in [1.82, 2.24) is 5.32 Å². The molecule has 3 unspecified atom stereocenters. The van der Waals surface area contributed by atoms with Gasteiger partial charge in [0, 0.05) is 0 Å². The molecule has 0 heterocycles. The van der Waals surface area contributed by atoms with Crippen LogP contribution < -0.4 is 5.32 Å². The molecule has 49 heavy (non-hydrogen) atoms. The molecule has 0 bridgehead atoms. The van der Waals surface area contributed by atoms with Crippen molar-refractivity contribution >= 4 is 5.91 Å². The molecule has 0 aromatic heterocycles. The van der Waals surface area contributed by atoms with Gasteiger partial charge in [0.05, 0.1) is 31.3 Å². The van der Waals surface area contributed by atoms with E-state index in [4.69, 9.17) is 0 Å². The Morgan fingerprint density at radius 2 is 0.816 bits per heavy atom. The van der Waals surface area contributed by atoms with E-state index in [2.05, 4.69) is 31.3 Å². The van der Waals surface area contributed by atoms with Crippen LogP contribution in [0.1, 0.15) is 239 Å². The van der Waals surface area contributed by atoms with Gasteiger partial charge in [-0.25, -0.2) is 0 Å². The Hall–Kier alpha value is -0.910. The van der Waals surface area contributed by atoms with Crippen LogP contribution in [0.2, 0.25) is 0 Å². The van der Waals surface area contributed by atoms with Crippen molar-refractivity contribution in [3.63, 3.8) is 0 Å². The minimum atomic E-state index is -0.748. The van der Waals surface area contributed by atoms with E-state index in [1.807, 2.05) is 0 Å². The molecule has 0 saturated heterocycles. The van der Waals surface area contributed by atoms with Crippen LogP contribution in [0.25, 0.3) is 0 Å². The van der Waals surface area contributed by atoms with Gasteiger partial charge in [0.15, 0.2) is 0 Å². The number of allylic oxidation sites excluding steroid dienone is 2. The zero-order chi connectivity index (χ0) is 35.9. The Labute approximate surface area is 306 Å². The van der Waals surface area contributed by atoms with E-state index in [0.29, 0.717) is 12.8 Å². The third-order valence-electron chi connectivity index (χ3n) is 10.3. The molecule has 5 nitrogen and oxygen atoms in total. The summed E-state index contributed by atoms with van der Waals surface area (Å²) in [6, 6.07) is -0.657. The van der Waals surface area contributed by atoms with Crippen molar-refractivity contribution in [3.05, 3.63) is 12.2 Å². The molecule has 0 aromatic carbocycles. The third-order valence-corrected chi connectivity index (χ3v) is 10.3. The molecule has 0 radical (unpaired) electrons. The molecule has 5 heteroatoms. The summed E-state index contributed by atoms with van der Waals surface area (Å²) in [6.07, 6.45) is 46.0. The van der Waals surface area contributed by atoms with Gasteiger partial charge >= 0.3 is 0 Å². The molecule has 0 aliphatic rings. The van der Waals surface area contributed by atoms with Gasteiger partial charge in [-0.2, -0.15) is 0 Å². The maximum absolute atomic E-state index is 12.4. The number of carbonyl (C=O) groups is 1. The second kappa shape index (κ2) is 39.9. The Morgan fingerprint density at radius 1 is 0.490 bits per heavy atom. The summed E-state index contributed by atoms with van der Waals surface area (Å²) in [5.74, 6) is -0.286. The maximum Gasteiger partial charge on any atom is 0.222 e. The Balaban J connectivity index is 3.61. The van der Waals surface area contributed by atoms with Crippen LogP contribution in [-0.4, -0.2) is 46.1 Å². The van der Waals surface area contributed by atoms with Crippen LogP contribution in [0, 0.1) is 0 Å². The highest BCUT2D eigenvalue weighted by Gasteiger charge is 2.21. The molecule has 0 aliphatic carbocycles. The van der Waals surface area contributed by atoms with Crippen LogP contribution in [0.5, 0.6) is 0 Å². The summed E-state index contributed by atoms with van der Waals surface area (Å²) in [5.41, 5.74) is 0. The smallest absolute Gasteiger partial charge is 0.222 e. The first-order valence-corrected chi connectivity index (χ1v) is 22.0.